The molecule has 1 aromatic carbocycles. The van der Waals surface area contributed by atoms with Crippen molar-refractivity contribution >= 4 is 27.3 Å². The lowest BCUT2D eigenvalue weighted by molar-refractivity contribution is 0.182. The normalized spacial score (nSPS) is 12.7. The van der Waals surface area contributed by atoms with Gasteiger partial charge in [0.25, 0.3) is 0 Å². The van der Waals surface area contributed by atoms with Gasteiger partial charge in [0.15, 0.2) is 0 Å². The molecule has 16 heavy (non-hydrogen) atoms. The number of hydrogen-bond acceptors (Lipinski definition) is 2. The first-order chi connectivity index (χ1) is 7.65. The third kappa shape index (κ3) is 2.94. The van der Waals surface area contributed by atoms with Crippen LogP contribution in [0.15, 0.2) is 40.2 Å². The number of hydrogen-bond donors (Lipinski definition) is 1. The van der Waals surface area contributed by atoms with E-state index in [0.717, 1.165) is 9.35 Å². The molecule has 0 fully saturated rings. The Morgan fingerprint density at radius 2 is 2.00 bits per heavy atom. The van der Waals surface area contributed by atoms with Crippen LogP contribution in [0.3, 0.4) is 0 Å². The summed E-state index contributed by atoms with van der Waals surface area (Å²) >= 11 is 4.98. The van der Waals surface area contributed by atoms with E-state index in [1.807, 2.05) is 11.4 Å². The summed E-state index contributed by atoms with van der Waals surface area (Å²) in [4.78, 5) is 1.01. The first kappa shape index (κ1) is 11.8. The molecule has 2 rings (SSSR count). The molecule has 0 aliphatic carbocycles. The fraction of sp³-hybridized carbons (Fsp3) is 0.231. The highest BCUT2D eigenvalue weighted by Gasteiger charge is 2.10. The van der Waals surface area contributed by atoms with Gasteiger partial charge in [0.1, 0.15) is 0 Å². The summed E-state index contributed by atoms with van der Waals surface area (Å²) < 4.78 is 1.04. The second kappa shape index (κ2) is 5.13. The lowest BCUT2D eigenvalue weighted by atomic mass is 10.1. The molecule has 0 aliphatic heterocycles. The third-order valence-corrected chi connectivity index (χ3v) is 4.26. The van der Waals surface area contributed by atoms with E-state index >= 15 is 0 Å². The molecule has 0 bridgehead atoms. The lowest BCUT2D eigenvalue weighted by Gasteiger charge is -2.08. The molecular weight excluding hydrogens is 284 g/mol. The fourth-order valence-corrected chi connectivity index (χ4v) is 2.98. The maximum absolute atomic E-state index is 10.0. The van der Waals surface area contributed by atoms with E-state index in [4.69, 9.17) is 0 Å². The molecule has 1 heterocycles. The van der Waals surface area contributed by atoms with Crippen molar-refractivity contribution in [2.75, 3.05) is 0 Å². The highest BCUT2D eigenvalue weighted by atomic mass is 79.9. The maximum Gasteiger partial charge on any atom is 0.0922 e. The van der Waals surface area contributed by atoms with Gasteiger partial charge in [-0.1, -0.05) is 29.8 Å². The molecule has 1 N–H and O–H groups in total. The Morgan fingerprint density at radius 3 is 2.56 bits per heavy atom. The number of aliphatic hydroxyl groups is 1. The van der Waals surface area contributed by atoms with Crippen LogP contribution < -0.4 is 0 Å². The fourth-order valence-electron chi connectivity index (χ4n) is 1.55. The summed E-state index contributed by atoms with van der Waals surface area (Å²) in [6, 6.07) is 10.3. The van der Waals surface area contributed by atoms with Crippen molar-refractivity contribution in [3.63, 3.8) is 0 Å². The van der Waals surface area contributed by atoms with Crippen molar-refractivity contribution in [2.45, 2.75) is 19.4 Å². The monoisotopic (exact) mass is 296 g/mol. The number of rotatable bonds is 3. The molecule has 2 aromatic rings. The molecule has 0 radical (unpaired) electrons. The van der Waals surface area contributed by atoms with Crippen molar-refractivity contribution in [3.05, 3.63) is 56.2 Å². The van der Waals surface area contributed by atoms with E-state index in [1.165, 1.54) is 11.1 Å². The smallest absolute Gasteiger partial charge is 0.0922 e. The molecule has 0 saturated heterocycles. The molecular formula is C13H13BrOS. The first-order valence-corrected chi connectivity index (χ1v) is 6.80. The summed E-state index contributed by atoms with van der Waals surface area (Å²) in [6.45, 7) is 2.07. The topological polar surface area (TPSA) is 20.2 Å². The summed E-state index contributed by atoms with van der Waals surface area (Å²) in [7, 11) is 0. The summed E-state index contributed by atoms with van der Waals surface area (Å²) in [5.41, 5.74) is 2.42. The van der Waals surface area contributed by atoms with Crippen LogP contribution in [-0.2, 0) is 6.42 Å². The van der Waals surface area contributed by atoms with Crippen LogP contribution in [0.4, 0.5) is 0 Å². The molecule has 0 amide bonds. The van der Waals surface area contributed by atoms with E-state index in [0.29, 0.717) is 6.42 Å². The standard InChI is InChI=1S/C13H13BrOS/c1-9-2-4-10(5-3-9)6-12(15)13-7-11(14)8-16-13/h2-5,7-8,12,15H,6H2,1H3. The van der Waals surface area contributed by atoms with Crippen molar-refractivity contribution < 1.29 is 5.11 Å². The molecule has 1 atom stereocenters. The van der Waals surface area contributed by atoms with Gasteiger partial charge >= 0.3 is 0 Å². The van der Waals surface area contributed by atoms with E-state index in [2.05, 4.69) is 47.1 Å². The van der Waals surface area contributed by atoms with Crippen LogP contribution in [0, 0.1) is 6.92 Å². The SMILES string of the molecule is Cc1ccc(CC(O)c2cc(Br)cs2)cc1. The van der Waals surface area contributed by atoms with Crippen LogP contribution in [-0.4, -0.2) is 5.11 Å². The van der Waals surface area contributed by atoms with Gasteiger partial charge in [-0.3, -0.25) is 0 Å². The van der Waals surface area contributed by atoms with Crippen molar-refractivity contribution in [1.29, 1.82) is 0 Å². The average molecular weight is 297 g/mol. The molecule has 3 heteroatoms. The Hall–Kier alpha value is -0.640. The van der Waals surface area contributed by atoms with Gasteiger partial charge in [-0.2, -0.15) is 0 Å². The quantitative estimate of drug-likeness (QED) is 0.904. The van der Waals surface area contributed by atoms with Gasteiger partial charge in [-0.25, -0.2) is 0 Å². The van der Waals surface area contributed by atoms with E-state index in [9.17, 15) is 5.11 Å². The van der Waals surface area contributed by atoms with Gasteiger partial charge in [0, 0.05) is 21.2 Å². The van der Waals surface area contributed by atoms with Gasteiger partial charge in [-0.05, 0) is 34.5 Å². The van der Waals surface area contributed by atoms with Crippen LogP contribution in [0.2, 0.25) is 0 Å². The Morgan fingerprint density at radius 1 is 1.31 bits per heavy atom. The van der Waals surface area contributed by atoms with Gasteiger partial charge in [-0.15, -0.1) is 11.3 Å². The van der Waals surface area contributed by atoms with Crippen LogP contribution in [0.1, 0.15) is 22.1 Å². The first-order valence-electron chi connectivity index (χ1n) is 5.12. The van der Waals surface area contributed by atoms with Crippen molar-refractivity contribution in [3.8, 4) is 0 Å². The number of aliphatic hydroxyl groups excluding tert-OH is 1. The van der Waals surface area contributed by atoms with Crippen LogP contribution >= 0.6 is 27.3 Å². The predicted molar refractivity (Wildman–Crippen MR) is 71.9 cm³/mol. The minimum Gasteiger partial charge on any atom is -0.387 e. The zero-order valence-electron chi connectivity index (χ0n) is 8.98. The van der Waals surface area contributed by atoms with Gasteiger partial charge in [0.05, 0.1) is 6.10 Å². The largest absolute Gasteiger partial charge is 0.387 e. The van der Waals surface area contributed by atoms with E-state index < -0.39 is 6.10 Å². The second-order valence-corrected chi connectivity index (χ2v) is 5.73. The second-order valence-electron chi connectivity index (χ2n) is 3.87. The average Bonchev–Trinajstić information content (AvgIpc) is 2.68. The number of halogens is 1. The highest BCUT2D eigenvalue weighted by Crippen LogP contribution is 2.27. The summed E-state index contributed by atoms with van der Waals surface area (Å²) in [5, 5.41) is 12.0. The zero-order valence-corrected chi connectivity index (χ0v) is 11.4. The van der Waals surface area contributed by atoms with Crippen LogP contribution in [0.5, 0.6) is 0 Å². The molecule has 0 aliphatic rings. The van der Waals surface area contributed by atoms with Gasteiger partial charge in [0.2, 0.25) is 0 Å². The van der Waals surface area contributed by atoms with E-state index in [-0.39, 0.29) is 0 Å². The van der Waals surface area contributed by atoms with Gasteiger partial charge < -0.3 is 5.11 Å². The highest BCUT2D eigenvalue weighted by molar-refractivity contribution is 9.10. The summed E-state index contributed by atoms with van der Waals surface area (Å²) in [6.07, 6.45) is 0.270. The van der Waals surface area contributed by atoms with Crippen molar-refractivity contribution in [2.24, 2.45) is 0 Å². The molecule has 84 valence electrons. The lowest BCUT2D eigenvalue weighted by Crippen LogP contribution is -1.99. The number of thiophene rings is 1. The van der Waals surface area contributed by atoms with E-state index in [1.54, 1.807) is 11.3 Å². The molecule has 0 spiro atoms. The van der Waals surface area contributed by atoms with Crippen LogP contribution in [0.25, 0.3) is 0 Å². The molecule has 1 aromatic heterocycles. The molecule has 1 nitrogen and oxygen atoms in total. The predicted octanol–water partition coefficient (Wildman–Crippen LogP) is 4.10. The Labute approximate surface area is 108 Å². The van der Waals surface area contributed by atoms with Crippen molar-refractivity contribution in [1.82, 2.24) is 0 Å². The minimum atomic E-state index is -0.404. The Balaban J connectivity index is 2.07. The minimum absolute atomic E-state index is 0.404. The molecule has 0 saturated carbocycles. The maximum atomic E-state index is 10.0. The Kier molecular flexibility index (Phi) is 3.79. The third-order valence-electron chi connectivity index (χ3n) is 2.47. The summed E-state index contributed by atoms with van der Waals surface area (Å²) in [5.74, 6) is 0. The Bertz CT molecular complexity index is 461. The number of benzene rings is 1. The number of aryl methyl sites for hydroxylation is 1. The molecule has 1 unspecified atom stereocenters. The zero-order chi connectivity index (χ0) is 11.5.